The second-order valence-electron chi connectivity index (χ2n) is 4.43. The molecular weight excluding hydrogens is 334 g/mol. The number of Topliss-reactive ketones (excluding diaryl/α,β-unsaturated/α-hetero) is 2. The van der Waals surface area contributed by atoms with Crippen molar-refractivity contribution in [3.8, 4) is 5.75 Å². The van der Waals surface area contributed by atoms with Crippen molar-refractivity contribution in [1.82, 2.24) is 4.98 Å². The molecule has 0 aliphatic heterocycles. The van der Waals surface area contributed by atoms with Crippen molar-refractivity contribution in [1.29, 1.82) is 0 Å². The zero-order chi connectivity index (χ0) is 15.2. The van der Waals surface area contributed by atoms with Gasteiger partial charge in [0, 0.05) is 40.8 Å². The summed E-state index contributed by atoms with van der Waals surface area (Å²) in [6, 6.07) is 8.51. The fourth-order valence-corrected chi connectivity index (χ4v) is 2.36. The molecule has 0 bridgehead atoms. The lowest BCUT2D eigenvalue weighted by Gasteiger charge is -2.04. The van der Waals surface area contributed by atoms with Crippen molar-refractivity contribution >= 4 is 27.5 Å². The molecule has 4 nitrogen and oxygen atoms in total. The minimum Gasteiger partial charge on any atom is -0.497 e. The summed E-state index contributed by atoms with van der Waals surface area (Å²) in [6.07, 6.45) is 3.48. The molecule has 0 fully saturated rings. The maximum absolute atomic E-state index is 12.1. The summed E-state index contributed by atoms with van der Waals surface area (Å²) in [4.78, 5) is 28.0. The normalized spacial score (nSPS) is 10.2. The summed E-state index contributed by atoms with van der Waals surface area (Å²) in [5.74, 6) is 0.561. The van der Waals surface area contributed by atoms with E-state index in [0.29, 0.717) is 21.3 Å². The van der Waals surface area contributed by atoms with Crippen LogP contribution in [0, 0.1) is 0 Å². The van der Waals surface area contributed by atoms with E-state index < -0.39 is 0 Å². The van der Waals surface area contributed by atoms with Crippen molar-refractivity contribution in [3.63, 3.8) is 0 Å². The Kier molecular flexibility index (Phi) is 5.22. The van der Waals surface area contributed by atoms with Gasteiger partial charge in [0.25, 0.3) is 0 Å². The Labute approximate surface area is 131 Å². The third kappa shape index (κ3) is 3.98. The fraction of sp³-hybridized carbons (Fsp3) is 0.188. The molecule has 1 heterocycles. The maximum Gasteiger partial charge on any atom is 0.164 e. The third-order valence-corrected chi connectivity index (χ3v) is 3.70. The molecule has 1 aromatic heterocycles. The van der Waals surface area contributed by atoms with Gasteiger partial charge in [-0.1, -0.05) is 0 Å². The van der Waals surface area contributed by atoms with E-state index in [1.807, 2.05) is 0 Å². The Balaban J connectivity index is 1.97. The van der Waals surface area contributed by atoms with Gasteiger partial charge in [-0.15, -0.1) is 0 Å². The van der Waals surface area contributed by atoms with Crippen LogP contribution in [0.3, 0.4) is 0 Å². The first kappa shape index (κ1) is 15.4. The number of halogens is 1. The molecule has 0 atom stereocenters. The van der Waals surface area contributed by atoms with Crippen molar-refractivity contribution in [2.75, 3.05) is 7.11 Å². The van der Waals surface area contributed by atoms with E-state index in [2.05, 4.69) is 20.9 Å². The van der Waals surface area contributed by atoms with E-state index in [1.165, 1.54) is 0 Å². The molecule has 0 saturated carbocycles. The monoisotopic (exact) mass is 347 g/mol. The molecule has 0 aliphatic carbocycles. The smallest absolute Gasteiger partial charge is 0.164 e. The van der Waals surface area contributed by atoms with Crippen LogP contribution in [0.1, 0.15) is 33.6 Å². The molecular formula is C16H14BrNO3. The quantitative estimate of drug-likeness (QED) is 0.747. The number of methoxy groups -OCH3 is 1. The lowest BCUT2D eigenvalue weighted by molar-refractivity contribution is 0.0917. The van der Waals surface area contributed by atoms with Crippen molar-refractivity contribution in [3.05, 3.63) is 58.3 Å². The van der Waals surface area contributed by atoms with Crippen LogP contribution in [0.15, 0.2) is 47.2 Å². The zero-order valence-corrected chi connectivity index (χ0v) is 13.1. The van der Waals surface area contributed by atoms with Crippen LogP contribution in [-0.4, -0.2) is 23.7 Å². The molecule has 0 saturated heterocycles. The maximum atomic E-state index is 12.1. The summed E-state index contributed by atoms with van der Waals surface area (Å²) in [6.45, 7) is 0. The molecule has 2 rings (SSSR count). The first-order chi connectivity index (χ1) is 10.1. The Morgan fingerprint density at radius 3 is 2.38 bits per heavy atom. The summed E-state index contributed by atoms with van der Waals surface area (Å²) in [5.41, 5.74) is 1.13. The summed E-state index contributed by atoms with van der Waals surface area (Å²) in [5, 5.41) is 0. The molecule has 0 unspecified atom stereocenters. The molecule has 5 heteroatoms. The van der Waals surface area contributed by atoms with Crippen LogP contribution in [0.4, 0.5) is 0 Å². The number of ether oxygens (including phenoxy) is 1. The van der Waals surface area contributed by atoms with Gasteiger partial charge in [-0.2, -0.15) is 0 Å². The number of benzene rings is 1. The zero-order valence-electron chi connectivity index (χ0n) is 11.5. The van der Waals surface area contributed by atoms with Crippen LogP contribution in [-0.2, 0) is 0 Å². The number of rotatable bonds is 6. The molecule has 1 aromatic carbocycles. The number of nitrogens with zero attached hydrogens (tertiary/aromatic N) is 1. The number of aromatic nitrogens is 1. The molecule has 0 radical (unpaired) electrons. The number of ketones is 2. The molecule has 0 amide bonds. The minimum atomic E-state index is -0.0777. The van der Waals surface area contributed by atoms with Crippen LogP contribution >= 0.6 is 15.9 Å². The van der Waals surface area contributed by atoms with Gasteiger partial charge in [-0.3, -0.25) is 14.6 Å². The SMILES string of the molecule is COc1ccc(C(=O)CCC(=O)c2ccncc2Br)cc1. The highest BCUT2D eigenvalue weighted by Gasteiger charge is 2.13. The number of pyridine rings is 1. The van der Waals surface area contributed by atoms with E-state index in [1.54, 1.807) is 49.8 Å². The van der Waals surface area contributed by atoms with E-state index in [0.717, 1.165) is 0 Å². The summed E-state index contributed by atoms with van der Waals surface area (Å²) in [7, 11) is 1.57. The van der Waals surface area contributed by atoms with Gasteiger partial charge in [0.1, 0.15) is 5.75 Å². The second-order valence-corrected chi connectivity index (χ2v) is 5.28. The first-order valence-corrected chi connectivity index (χ1v) is 7.21. The molecule has 0 N–H and O–H groups in total. The van der Waals surface area contributed by atoms with Crippen LogP contribution in [0.5, 0.6) is 5.75 Å². The lowest BCUT2D eigenvalue weighted by Crippen LogP contribution is -2.06. The average molecular weight is 348 g/mol. The van der Waals surface area contributed by atoms with Gasteiger partial charge >= 0.3 is 0 Å². The van der Waals surface area contributed by atoms with Gasteiger partial charge in [-0.05, 0) is 46.3 Å². The standard InChI is InChI=1S/C16H14BrNO3/c1-21-12-4-2-11(3-5-12)15(19)6-7-16(20)13-8-9-18-10-14(13)17/h2-5,8-10H,6-7H2,1H3. The highest BCUT2D eigenvalue weighted by Crippen LogP contribution is 2.18. The van der Waals surface area contributed by atoms with E-state index in [-0.39, 0.29) is 24.4 Å². The Bertz CT molecular complexity index is 653. The Hall–Kier alpha value is -2.01. The lowest BCUT2D eigenvalue weighted by atomic mass is 10.0. The highest BCUT2D eigenvalue weighted by molar-refractivity contribution is 9.10. The molecule has 21 heavy (non-hydrogen) atoms. The van der Waals surface area contributed by atoms with Crippen LogP contribution < -0.4 is 4.74 Å². The average Bonchev–Trinajstić information content (AvgIpc) is 2.52. The van der Waals surface area contributed by atoms with Gasteiger partial charge < -0.3 is 4.74 Å². The second kappa shape index (κ2) is 7.13. The topological polar surface area (TPSA) is 56.3 Å². The third-order valence-electron chi connectivity index (χ3n) is 3.06. The van der Waals surface area contributed by atoms with E-state index in [4.69, 9.17) is 4.74 Å². The van der Waals surface area contributed by atoms with E-state index >= 15 is 0 Å². The molecule has 108 valence electrons. The molecule has 2 aromatic rings. The van der Waals surface area contributed by atoms with E-state index in [9.17, 15) is 9.59 Å². The molecule has 0 aliphatic rings. The van der Waals surface area contributed by atoms with Crippen LogP contribution in [0.2, 0.25) is 0 Å². The summed E-state index contributed by atoms with van der Waals surface area (Å²) < 4.78 is 5.69. The number of hydrogen-bond donors (Lipinski definition) is 0. The van der Waals surface area contributed by atoms with Crippen molar-refractivity contribution in [2.45, 2.75) is 12.8 Å². The Morgan fingerprint density at radius 2 is 1.76 bits per heavy atom. The van der Waals surface area contributed by atoms with Gasteiger partial charge in [-0.25, -0.2) is 0 Å². The van der Waals surface area contributed by atoms with Crippen molar-refractivity contribution in [2.24, 2.45) is 0 Å². The minimum absolute atomic E-state index is 0.0591. The largest absolute Gasteiger partial charge is 0.497 e. The highest BCUT2D eigenvalue weighted by atomic mass is 79.9. The number of carbonyl (C=O) groups is 2. The van der Waals surface area contributed by atoms with Crippen molar-refractivity contribution < 1.29 is 14.3 Å². The van der Waals surface area contributed by atoms with Gasteiger partial charge in [0.2, 0.25) is 0 Å². The predicted molar refractivity (Wildman–Crippen MR) is 82.8 cm³/mol. The van der Waals surface area contributed by atoms with Gasteiger partial charge in [0.05, 0.1) is 7.11 Å². The number of carbonyl (C=O) groups excluding carboxylic acids is 2. The molecule has 0 spiro atoms. The first-order valence-electron chi connectivity index (χ1n) is 6.42. The Morgan fingerprint density at radius 1 is 1.10 bits per heavy atom. The number of hydrogen-bond acceptors (Lipinski definition) is 4. The summed E-state index contributed by atoms with van der Waals surface area (Å²) >= 11 is 3.28. The predicted octanol–water partition coefficient (Wildman–Crippen LogP) is 3.70. The fourth-order valence-electron chi connectivity index (χ4n) is 1.88. The van der Waals surface area contributed by atoms with Gasteiger partial charge in [0.15, 0.2) is 11.6 Å². The van der Waals surface area contributed by atoms with Crippen LogP contribution in [0.25, 0.3) is 0 Å².